The van der Waals surface area contributed by atoms with Gasteiger partial charge in [-0.3, -0.25) is 0 Å². The fraction of sp³-hybridized carbons (Fsp3) is 0.0833. The average Bonchev–Trinajstić information content (AvgIpc) is 2.63. The van der Waals surface area contributed by atoms with Gasteiger partial charge < -0.3 is 10.4 Å². The molecule has 0 amide bonds. The van der Waals surface area contributed by atoms with Crippen LogP contribution in [0.15, 0.2) is 41.5 Å². The summed E-state index contributed by atoms with van der Waals surface area (Å²) in [7, 11) is 1.99. The third-order valence-electron chi connectivity index (χ3n) is 2.79. The van der Waals surface area contributed by atoms with Crippen LogP contribution in [0.3, 0.4) is 0 Å². The van der Waals surface area contributed by atoms with Gasteiger partial charge >= 0.3 is 0 Å². The minimum absolute atomic E-state index is 0.838. The third-order valence-corrected chi connectivity index (χ3v) is 3.90. The molecular formula is C12H11N3S. The molecule has 2 aromatic carbocycles. The Morgan fingerprint density at radius 1 is 1.19 bits per heavy atom. The van der Waals surface area contributed by atoms with E-state index in [4.69, 9.17) is 5.84 Å². The molecule has 0 atom stereocenters. The summed E-state index contributed by atoms with van der Waals surface area (Å²) in [6.45, 7) is 0. The predicted octanol–water partition coefficient (Wildman–Crippen LogP) is 2.17. The van der Waals surface area contributed by atoms with Gasteiger partial charge in [0.25, 0.3) is 0 Å². The molecule has 0 aliphatic rings. The van der Waals surface area contributed by atoms with E-state index < -0.39 is 0 Å². The lowest BCUT2D eigenvalue weighted by Crippen LogP contribution is -2.12. The van der Waals surface area contributed by atoms with Gasteiger partial charge in [0.2, 0.25) is 4.80 Å². The summed E-state index contributed by atoms with van der Waals surface area (Å²) in [4.78, 5) is 0.838. The maximum atomic E-state index is 5.35. The zero-order chi connectivity index (χ0) is 11.1. The van der Waals surface area contributed by atoms with Gasteiger partial charge in [0.05, 0.1) is 10.2 Å². The summed E-state index contributed by atoms with van der Waals surface area (Å²) in [6.07, 6.45) is 0. The van der Waals surface area contributed by atoms with Crippen LogP contribution in [0.25, 0.3) is 21.0 Å². The molecule has 3 rings (SSSR count). The SMILES string of the molecule is Cn1c(=NN)sc2cc3ccccc3cc21. The van der Waals surface area contributed by atoms with Crippen LogP contribution in [0.1, 0.15) is 0 Å². The maximum absolute atomic E-state index is 5.35. The largest absolute Gasteiger partial charge is 0.320 e. The van der Waals surface area contributed by atoms with Gasteiger partial charge in [0, 0.05) is 7.05 Å². The van der Waals surface area contributed by atoms with Crippen LogP contribution in [0, 0.1) is 0 Å². The predicted molar refractivity (Wildman–Crippen MR) is 68.1 cm³/mol. The molecule has 0 spiro atoms. The van der Waals surface area contributed by atoms with E-state index in [1.165, 1.54) is 21.0 Å². The summed E-state index contributed by atoms with van der Waals surface area (Å²) in [5.41, 5.74) is 1.17. The first-order chi connectivity index (χ1) is 7.79. The molecule has 0 fully saturated rings. The molecule has 1 heterocycles. The van der Waals surface area contributed by atoms with Crippen LogP contribution in [-0.4, -0.2) is 4.57 Å². The highest BCUT2D eigenvalue weighted by atomic mass is 32.1. The lowest BCUT2D eigenvalue weighted by atomic mass is 10.1. The van der Waals surface area contributed by atoms with Crippen molar-refractivity contribution in [1.29, 1.82) is 0 Å². The number of thiazole rings is 1. The second-order valence-electron chi connectivity index (χ2n) is 3.74. The number of aryl methyl sites for hydroxylation is 1. The van der Waals surface area contributed by atoms with E-state index in [-0.39, 0.29) is 0 Å². The first-order valence-corrected chi connectivity index (χ1v) is 5.83. The number of aromatic nitrogens is 1. The van der Waals surface area contributed by atoms with Gasteiger partial charge in [-0.25, -0.2) is 0 Å². The summed E-state index contributed by atoms with van der Waals surface area (Å²) in [5, 5.41) is 6.27. The summed E-state index contributed by atoms with van der Waals surface area (Å²) in [6, 6.07) is 12.7. The van der Waals surface area contributed by atoms with Crippen molar-refractivity contribution in [2.75, 3.05) is 0 Å². The molecule has 2 N–H and O–H groups in total. The van der Waals surface area contributed by atoms with Crippen LogP contribution >= 0.6 is 11.3 Å². The normalized spacial score (nSPS) is 12.7. The Balaban J connectivity index is 2.54. The van der Waals surface area contributed by atoms with E-state index in [0.717, 1.165) is 4.80 Å². The molecule has 3 aromatic rings. The number of nitrogens with zero attached hydrogens (tertiary/aromatic N) is 2. The van der Waals surface area contributed by atoms with E-state index in [2.05, 4.69) is 41.5 Å². The number of rotatable bonds is 0. The minimum atomic E-state index is 0.838. The van der Waals surface area contributed by atoms with Crippen molar-refractivity contribution in [1.82, 2.24) is 4.57 Å². The van der Waals surface area contributed by atoms with Crippen LogP contribution in [0.2, 0.25) is 0 Å². The molecule has 0 radical (unpaired) electrons. The zero-order valence-electron chi connectivity index (χ0n) is 8.84. The zero-order valence-corrected chi connectivity index (χ0v) is 9.66. The van der Waals surface area contributed by atoms with Crippen molar-refractivity contribution in [3.05, 3.63) is 41.2 Å². The maximum Gasteiger partial charge on any atom is 0.208 e. The van der Waals surface area contributed by atoms with Crippen LogP contribution in [-0.2, 0) is 7.05 Å². The van der Waals surface area contributed by atoms with Crippen molar-refractivity contribution in [3.8, 4) is 0 Å². The average molecular weight is 229 g/mol. The van der Waals surface area contributed by atoms with Gasteiger partial charge in [0.15, 0.2) is 0 Å². The fourth-order valence-electron chi connectivity index (χ4n) is 1.93. The van der Waals surface area contributed by atoms with Crippen LogP contribution < -0.4 is 10.6 Å². The molecule has 0 saturated carbocycles. The summed E-state index contributed by atoms with van der Waals surface area (Å²) >= 11 is 1.61. The van der Waals surface area contributed by atoms with E-state index in [9.17, 15) is 0 Å². The molecule has 0 bridgehead atoms. The highest BCUT2D eigenvalue weighted by molar-refractivity contribution is 7.16. The Bertz CT molecular complexity index is 737. The minimum Gasteiger partial charge on any atom is -0.320 e. The number of hydrogen-bond acceptors (Lipinski definition) is 3. The molecule has 4 heteroatoms. The number of hydrogen-bond donors (Lipinski definition) is 1. The van der Waals surface area contributed by atoms with Crippen LogP contribution in [0.5, 0.6) is 0 Å². The Kier molecular flexibility index (Phi) is 1.97. The summed E-state index contributed by atoms with van der Waals surface area (Å²) < 4.78 is 3.23. The topological polar surface area (TPSA) is 43.3 Å². The summed E-state index contributed by atoms with van der Waals surface area (Å²) in [5.74, 6) is 5.35. The van der Waals surface area contributed by atoms with E-state index >= 15 is 0 Å². The van der Waals surface area contributed by atoms with Gasteiger partial charge in [-0.05, 0) is 22.9 Å². The molecule has 1 aromatic heterocycles. The van der Waals surface area contributed by atoms with E-state index in [1.807, 2.05) is 11.6 Å². The number of fused-ring (bicyclic) bond motifs is 2. The van der Waals surface area contributed by atoms with Gasteiger partial charge in [0.1, 0.15) is 0 Å². The first kappa shape index (κ1) is 9.42. The highest BCUT2D eigenvalue weighted by Gasteiger charge is 2.04. The molecule has 0 saturated heterocycles. The van der Waals surface area contributed by atoms with Gasteiger partial charge in [-0.1, -0.05) is 35.6 Å². The Hall–Kier alpha value is -1.81. The van der Waals surface area contributed by atoms with Crippen molar-refractivity contribution in [3.63, 3.8) is 0 Å². The van der Waals surface area contributed by atoms with Crippen molar-refractivity contribution < 1.29 is 0 Å². The quantitative estimate of drug-likeness (QED) is 0.466. The lowest BCUT2D eigenvalue weighted by Gasteiger charge is -1.99. The van der Waals surface area contributed by atoms with E-state index in [1.54, 1.807) is 11.3 Å². The van der Waals surface area contributed by atoms with E-state index in [0.29, 0.717) is 0 Å². The lowest BCUT2D eigenvalue weighted by molar-refractivity contribution is 0.888. The molecule has 80 valence electrons. The molecule has 16 heavy (non-hydrogen) atoms. The number of benzene rings is 2. The smallest absolute Gasteiger partial charge is 0.208 e. The van der Waals surface area contributed by atoms with Gasteiger partial charge in [-0.15, -0.1) is 0 Å². The number of nitrogens with two attached hydrogens (primary N) is 1. The third kappa shape index (κ3) is 1.23. The second-order valence-corrected chi connectivity index (χ2v) is 4.75. The second kappa shape index (κ2) is 3.35. The van der Waals surface area contributed by atoms with Crippen molar-refractivity contribution in [2.24, 2.45) is 18.0 Å². The molecule has 0 aliphatic heterocycles. The molecular weight excluding hydrogens is 218 g/mol. The molecule has 0 unspecified atom stereocenters. The van der Waals surface area contributed by atoms with Gasteiger partial charge in [-0.2, -0.15) is 5.10 Å². The first-order valence-electron chi connectivity index (χ1n) is 5.02. The Morgan fingerprint density at radius 2 is 1.88 bits per heavy atom. The Morgan fingerprint density at radius 3 is 2.56 bits per heavy atom. The fourth-order valence-corrected chi connectivity index (χ4v) is 2.91. The van der Waals surface area contributed by atoms with Crippen LogP contribution in [0.4, 0.5) is 0 Å². The highest BCUT2D eigenvalue weighted by Crippen LogP contribution is 2.23. The van der Waals surface area contributed by atoms with Crippen molar-refractivity contribution >= 4 is 32.3 Å². The monoisotopic (exact) mass is 229 g/mol. The van der Waals surface area contributed by atoms with Crippen molar-refractivity contribution in [2.45, 2.75) is 0 Å². The molecule has 0 aliphatic carbocycles. The Labute approximate surface area is 96.4 Å². The standard InChI is InChI=1S/C12H11N3S/c1-15-10-6-8-4-2-3-5-9(8)7-11(10)16-12(15)14-13/h2-7H,13H2,1H3. The molecule has 3 nitrogen and oxygen atoms in total.